The molecule has 0 spiro atoms. The van der Waals surface area contributed by atoms with E-state index in [1.54, 1.807) is 0 Å². The first-order chi connectivity index (χ1) is 46.6. The summed E-state index contributed by atoms with van der Waals surface area (Å²) in [4.78, 5) is 0. The minimum Gasteiger partial charge on any atom is -0.0622 e. The summed E-state index contributed by atoms with van der Waals surface area (Å²) in [5, 5.41) is 24.4. The molecular formula is C94H58. The van der Waals surface area contributed by atoms with Crippen molar-refractivity contribution < 1.29 is 0 Å². The minimum absolute atomic E-state index is 1.18. The monoisotopic (exact) mass is 1190 g/mol. The Bertz CT molecular complexity index is 5890. The van der Waals surface area contributed by atoms with E-state index in [1.165, 1.54) is 197 Å². The van der Waals surface area contributed by atoms with E-state index in [1.807, 2.05) is 0 Å². The summed E-state index contributed by atoms with van der Waals surface area (Å²) in [6, 6.07) is 132. The predicted octanol–water partition coefficient (Wildman–Crippen LogP) is 26.6. The molecule has 19 aromatic rings. The van der Waals surface area contributed by atoms with E-state index < -0.39 is 0 Å². The first-order valence-electron chi connectivity index (χ1n) is 32.7. The lowest BCUT2D eigenvalue weighted by molar-refractivity contribution is 1.63. The number of hydrogen-bond donors (Lipinski definition) is 0. The van der Waals surface area contributed by atoms with E-state index in [2.05, 4.69) is 352 Å². The zero-order valence-corrected chi connectivity index (χ0v) is 51.5. The second kappa shape index (κ2) is 21.7. The molecule has 0 saturated carbocycles. The zero-order valence-electron chi connectivity index (χ0n) is 51.5. The van der Waals surface area contributed by atoms with Gasteiger partial charge in [0.1, 0.15) is 0 Å². The van der Waals surface area contributed by atoms with Crippen molar-refractivity contribution in [1.82, 2.24) is 0 Å². The maximum Gasteiger partial charge on any atom is -0.00259 e. The summed E-state index contributed by atoms with van der Waals surface area (Å²) in [6.45, 7) is 0. The van der Waals surface area contributed by atoms with Crippen LogP contribution in [0.3, 0.4) is 0 Å². The SMILES string of the molecule is c1ccc(-c2ccc3c(-c4ccc5ccccc5c4)c4cc(-c5c6ccccc6c(-c6ccc7c(-c8ccc9ccccc9c8)c8cc(-c9ccccc9)ccc8c(-c8ccc9ccccc9c8)c7c6)c6ccccc56)ccc4c(-c4ccc5ccccc5c4)c3c2)cc1. The van der Waals surface area contributed by atoms with Crippen LogP contribution in [0.15, 0.2) is 352 Å². The Kier molecular flexibility index (Phi) is 12.4. The summed E-state index contributed by atoms with van der Waals surface area (Å²) in [6.07, 6.45) is 0. The third-order valence-corrected chi connectivity index (χ3v) is 20.1. The molecule has 0 heterocycles. The molecule has 0 unspecified atom stereocenters. The molecule has 0 aliphatic rings. The van der Waals surface area contributed by atoms with Gasteiger partial charge in [-0.2, -0.15) is 0 Å². The Labute approximate surface area is 545 Å². The molecule has 0 amide bonds. The standard InChI is InChI=1S/C94H58/c1-3-19-59(20-4-1)69-43-47-81-85(55-69)91(71-39-35-61-23-7-11-27-65(61)51-71)83-49-45-75(57-87(83)93(81)73-41-37-63-25-9-13-29-67(63)53-73)89-77-31-15-17-33-79(77)90(80-34-18-16-32-78(80)89)76-46-50-84-88(58-76)94(74-42-38-64-26-10-14-30-68(64)54-74)82-48-44-70(60-21-5-2-6-22-60)56-86(82)92(84)72-40-36-62-24-8-12-28-66(62)52-72/h1-58H. The lowest BCUT2D eigenvalue weighted by Crippen LogP contribution is -1.95. The molecule has 94 heavy (non-hydrogen) atoms. The van der Waals surface area contributed by atoms with Crippen molar-refractivity contribution in [1.29, 1.82) is 0 Å². The van der Waals surface area contributed by atoms with E-state index in [4.69, 9.17) is 0 Å². The lowest BCUT2D eigenvalue weighted by atomic mass is 9.81. The number of benzene rings is 19. The summed E-state index contributed by atoms with van der Waals surface area (Å²) in [7, 11) is 0. The fourth-order valence-electron chi connectivity index (χ4n) is 15.8. The van der Waals surface area contributed by atoms with Gasteiger partial charge in [0, 0.05) is 0 Å². The molecule has 19 rings (SSSR count). The molecule has 0 N–H and O–H groups in total. The number of rotatable bonds is 8. The van der Waals surface area contributed by atoms with Crippen molar-refractivity contribution in [3.63, 3.8) is 0 Å². The summed E-state index contributed by atoms with van der Waals surface area (Å²) in [5.74, 6) is 0. The molecule has 0 aliphatic heterocycles. The molecule has 0 radical (unpaired) electrons. The van der Waals surface area contributed by atoms with Gasteiger partial charge in [0.15, 0.2) is 0 Å². The molecule has 0 heteroatoms. The van der Waals surface area contributed by atoms with Crippen LogP contribution in [0.1, 0.15) is 0 Å². The zero-order chi connectivity index (χ0) is 61.8. The van der Waals surface area contributed by atoms with Crippen LogP contribution in [0, 0.1) is 0 Å². The Morgan fingerprint density at radius 1 is 0.0957 bits per heavy atom. The molecule has 0 atom stereocenters. The molecule has 0 fully saturated rings. The molecule has 0 bridgehead atoms. The van der Waals surface area contributed by atoms with Gasteiger partial charge in [0.2, 0.25) is 0 Å². The van der Waals surface area contributed by atoms with Crippen LogP contribution in [0.4, 0.5) is 0 Å². The van der Waals surface area contributed by atoms with Crippen LogP contribution in [0.25, 0.3) is 197 Å². The van der Waals surface area contributed by atoms with Crippen molar-refractivity contribution in [3.8, 4) is 89.0 Å². The van der Waals surface area contributed by atoms with Crippen LogP contribution < -0.4 is 0 Å². The lowest BCUT2D eigenvalue weighted by Gasteiger charge is -2.22. The van der Waals surface area contributed by atoms with Crippen LogP contribution in [-0.2, 0) is 0 Å². The Morgan fingerprint density at radius 3 is 0.574 bits per heavy atom. The molecule has 0 aliphatic carbocycles. The van der Waals surface area contributed by atoms with Crippen molar-refractivity contribution in [2.24, 2.45) is 0 Å². The van der Waals surface area contributed by atoms with E-state index in [0.717, 1.165) is 0 Å². The number of hydrogen-bond acceptors (Lipinski definition) is 0. The van der Waals surface area contributed by atoms with E-state index in [0.29, 0.717) is 0 Å². The molecule has 0 aromatic heterocycles. The van der Waals surface area contributed by atoms with Crippen molar-refractivity contribution in [2.45, 2.75) is 0 Å². The van der Waals surface area contributed by atoms with Gasteiger partial charge >= 0.3 is 0 Å². The fraction of sp³-hybridized carbons (Fsp3) is 0. The highest BCUT2D eigenvalue weighted by Crippen LogP contribution is 2.52. The van der Waals surface area contributed by atoms with Gasteiger partial charge in [-0.25, -0.2) is 0 Å². The van der Waals surface area contributed by atoms with Gasteiger partial charge in [-0.3, -0.25) is 0 Å². The summed E-state index contributed by atoms with van der Waals surface area (Å²) >= 11 is 0. The second-order valence-electron chi connectivity index (χ2n) is 25.4. The smallest absolute Gasteiger partial charge is 0.00259 e. The highest BCUT2D eigenvalue weighted by Gasteiger charge is 2.25. The van der Waals surface area contributed by atoms with E-state index in [-0.39, 0.29) is 0 Å². The van der Waals surface area contributed by atoms with Crippen LogP contribution in [-0.4, -0.2) is 0 Å². The molecular weight excluding hydrogens is 1130 g/mol. The van der Waals surface area contributed by atoms with Gasteiger partial charge in [0.05, 0.1) is 0 Å². The van der Waals surface area contributed by atoms with Crippen molar-refractivity contribution in [3.05, 3.63) is 352 Å². The Morgan fingerprint density at radius 2 is 0.287 bits per heavy atom. The molecule has 19 aromatic carbocycles. The van der Waals surface area contributed by atoms with Gasteiger partial charge in [0.25, 0.3) is 0 Å². The van der Waals surface area contributed by atoms with Crippen molar-refractivity contribution >= 4 is 108 Å². The fourth-order valence-corrected chi connectivity index (χ4v) is 15.8. The predicted molar refractivity (Wildman–Crippen MR) is 405 cm³/mol. The topological polar surface area (TPSA) is 0 Å². The largest absolute Gasteiger partial charge is 0.0622 e. The highest BCUT2D eigenvalue weighted by molar-refractivity contribution is 6.28. The average Bonchev–Trinajstić information content (AvgIpc) is 0.725. The van der Waals surface area contributed by atoms with Gasteiger partial charge in [-0.1, -0.05) is 303 Å². The first kappa shape index (κ1) is 53.6. The van der Waals surface area contributed by atoms with Crippen LogP contribution >= 0.6 is 0 Å². The summed E-state index contributed by atoms with van der Waals surface area (Å²) < 4.78 is 0. The molecule has 0 saturated heterocycles. The first-order valence-corrected chi connectivity index (χ1v) is 32.7. The highest BCUT2D eigenvalue weighted by atomic mass is 14.3. The summed E-state index contributed by atoms with van der Waals surface area (Å²) in [5.41, 5.74) is 19.3. The Hall–Kier alpha value is -12.2. The minimum atomic E-state index is 1.18. The normalized spacial score (nSPS) is 11.8. The molecule has 0 nitrogen and oxygen atoms in total. The average molecular weight is 1190 g/mol. The van der Waals surface area contributed by atoms with E-state index in [9.17, 15) is 0 Å². The molecule has 434 valence electrons. The Balaban J connectivity index is 0.887. The number of fused-ring (bicyclic) bond motifs is 10. The van der Waals surface area contributed by atoms with Crippen LogP contribution in [0.5, 0.6) is 0 Å². The third-order valence-electron chi connectivity index (χ3n) is 20.1. The maximum absolute atomic E-state index is 2.53. The van der Waals surface area contributed by atoms with Gasteiger partial charge in [-0.05, 0) is 245 Å². The van der Waals surface area contributed by atoms with Gasteiger partial charge in [-0.15, -0.1) is 0 Å². The van der Waals surface area contributed by atoms with Gasteiger partial charge < -0.3 is 0 Å². The van der Waals surface area contributed by atoms with Crippen LogP contribution in [0.2, 0.25) is 0 Å². The maximum atomic E-state index is 2.53. The van der Waals surface area contributed by atoms with E-state index >= 15 is 0 Å². The third kappa shape index (κ3) is 8.76. The van der Waals surface area contributed by atoms with Crippen molar-refractivity contribution in [2.75, 3.05) is 0 Å². The quantitative estimate of drug-likeness (QED) is 0.133. The second-order valence-corrected chi connectivity index (χ2v) is 25.4.